The van der Waals surface area contributed by atoms with Crippen molar-refractivity contribution in [2.24, 2.45) is 0 Å². The highest BCUT2D eigenvalue weighted by Gasteiger charge is 2.21. The summed E-state index contributed by atoms with van der Waals surface area (Å²) in [5.74, 6) is 0.637. The zero-order chi connectivity index (χ0) is 15.0. The molecule has 2 aromatic rings. The second kappa shape index (κ2) is 5.83. The summed E-state index contributed by atoms with van der Waals surface area (Å²) in [4.78, 5) is 0. The van der Waals surface area contributed by atoms with Crippen LogP contribution in [-0.2, 0) is 6.42 Å². The SMILES string of the molecule is OC(Cc1cccc(F)c1Br)c1cc(Cl)c2c(c1)OCO2. The van der Waals surface area contributed by atoms with Crippen molar-refractivity contribution in [3.8, 4) is 11.5 Å². The molecule has 0 fully saturated rings. The Labute approximate surface area is 134 Å². The summed E-state index contributed by atoms with van der Waals surface area (Å²) in [7, 11) is 0. The largest absolute Gasteiger partial charge is 0.454 e. The molecule has 110 valence electrons. The molecule has 1 N–H and O–H groups in total. The lowest BCUT2D eigenvalue weighted by atomic mass is 10.0. The standard InChI is InChI=1S/C15H11BrClFO3/c16-14-8(2-1-3-11(14)18)5-12(19)9-4-10(17)15-13(6-9)20-7-21-15/h1-4,6,12,19H,5,7H2. The fourth-order valence-corrected chi connectivity index (χ4v) is 2.91. The van der Waals surface area contributed by atoms with Crippen molar-refractivity contribution < 1.29 is 19.0 Å². The van der Waals surface area contributed by atoms with Gasteiger partial charge in [0.1, 0.15) is 5.82 Å². The van der Waals surface area contributed by atoms with E-state index in [4.69, 9.17) is 21.1 Å². The number of fused-ring (bicyclic) bond motifs is 1. The summed E-state index contributed by atoms with van der Waals surface area (Å²) in [6.45, 7) is 0.115. The zero-order valence-electron chi connectivity index (χ0n) is 10.8. The lowest BCUT2D eigenvalue weighted by molar-refractivity contribution is 0.171. The van der Waals surface area contributed by atoms with Crippen molar-refractivity contribution in [3.05, 3.63) is 56.8 Å². The number of benzene rings is 2. The summed E-state index contributed by atoms with van der Waals surface area (Å²) in [6.07, 6.45) is -0.566. The van der Waals surface area contributed by atoms with Gasteiger partial charge in [0, 0.05) is 6.42 Å². The van der Waals surface area contributed by atoms with Crippen molar-refractivity contribution in [3.63, 3.8) is 0 Å². The number of halogens is 3. The molecule has 6 heteroatoms. The van der Waals surface area contributed by atoms with Gasteiger partial charge in [-0.05, 0) is 45.3 Å². The van der Waals surface area contributed by atoms with Crippen molar-refractivity contribution in [2.75, 3.05) is 6.79 Å². The van der Waals surface area contributed by atoms with Crippen LogP contribution in [0.2, 0.25) is 5.02 Å². The van der Waals surface area contributed by atoms with E-state index in [-0.39, 0.29) is 19.0 Å². The molecule has 21 heavy (non-hydrogen) atoms. The highest BCUT2D eigenvalue weighted by Crippen LogP contribution is 2.41. The Bertz CT molecular complexity index is 693. The molecular formula is C15H11BrClFO3. The van der Waals surface area contributed by atoms with Gasteiger partial charge in [0.2, 0.25) is 6.79 Å². The number of ether oxygens (including phenoxy) is 2. The Balaban J connectivity index is 1.87. The first kappa shape index (κ1) is 14.6. The predicted octanol–water partition coefficient (Wildman–Crippen LogP) is 4.25. The second-order valence-electron chi connectivity index (χ2n) is 4.67. The summed E-state index contributed by atoms with van der Waals surface area (Å²) >= 11 is 9.28. The predicted molar refractivity (Wildman–Crippen MR) is 80.3 cm³/mol. The molecule has 0 spiro atoms. The average molecular weight is 374 g/mol. The van der Waals surface area contributed by atoms with E-state index < -0.39 is 6.10 Å². The molecule has 2 aromatic carbocycles. The van der Waals surface area contributed by atoms with E-state index in [1.54, 1.807) is 24.3 Å². The van der Waals surface area contributed by atoms with Crippen LogP contribution in [-0.4, -0.2) is 11.9 Å². The molecule has 0 aliphatic carbocycles. The minimum Gasteiger partial charge on any atom is -0.454 e. The van der Waals surface area contributed by atoms with Crippen LogP contribution in [0.4, 0.5) is 4.39 Å². The minimum absolute atomic E-state index is 0.115. The third-order valence-corrected chi connectivity index (χ3v) is 4.45. The molecule has 1 aliphatic rings. The summed E-state index contributed by atoms with van der Waals surface area (Å²) < 4.78 is 24.3. The van der Waals surface area contributed by atoms with Gasteiger partial charge in [-0.25, -0.2) is 4.39 Å². The van der Waals surface area contributed by atoms with Gasteiger partial charge in [-0.2, -0.15) is 0 Å². The monoisotopic (exact) mass is 372 g/mol. The minimum atomic E-state index is -0.824. The first-order valence-corrected chi connectivity index (χ1v) is 7.43. The maximum Gasteiger partial charge on any atom is 0.231 e. The lowest BCUT2D eigenvalue weighted by Gasteiger charge is -2.14. The van der Waals surface area contributed by atoms with Crippen molar-refractivity contribution in [2.45, 2.75) is 12.5 Å². The number of rotatable bonds is 3. The van der Waals surface area contributed by atoms with E-state index >= 15 is 0 Å². The molecule has 3 nitrogen and oxygen atoms in total. The third-order valence-electron chi connectivity index (χ3n) is 3.28. The van der Waals surface area contributed by atoms with E-state index in [0.29, 0.717) is 32.1 Å². The van der Waals surface area contributed by atoms with E-state index in [9.17, 15) is 9.50 Å². The fourth-order valence-electron chi connectivity index (χ4n) is 2.21. The van der Waals surface area contributed by atoms with E-state index in [1.807, 2.05) is 0 Å². The van der Waals surface area contributed by atoms with Crippen LogP contribution >= 0.6 is 27.5 Å². The van der Waals surface area contributed by atoms with Crippen LogP contribution < -0.4 is 9.47 Å². The molecule has 1 unspecified atom stereocenters. The van der Waals surface area contributed by atoms with Gasteiger partial charge < -0.3 is 14.6 Å². The summed E-state index contributed by atoms with van der Waals surface area (Å²) in [5.41, 5.74) is 1.27. The van der Waals surface area contributed by atoms with Crippen molar-refractivity contribution >= 4 is 27.5 Å². The second-order valence-corrected chi connectivity index (χ2v) is 5.87. The number of aliphatic hydroxyl groups excluding tert-OH is 1. The van der Waals surface area contributed by atoms with Crippen LogP contribution in [0.5, 0.6) is 11.5 Å². The smallest absolute Gasteiger partial charge is 0.231 e. The zero-order valence-corrected chi connectivity index (χ0v) is 13.1. The normalized spacial score (nSPS) is 14.3. The first-order valence-electron chi connectivity index (χ1n) is 6.26. The van der Waals surface area contributed by atoms with Crippen LogP contribution in [0.1, 0.15) is 17.2 Å². The maximum absolute atomic E-state index is 13.5. The third kappa shape index (κ3) is 2.86. The molecule has 0 radical (unpaired) electrons. The summed E-state index contributed by atoms with van der Waals surface area (Å²) in [5, 5.41) is 10.7. The molecule has 1 atom stereocenters. The number of hydrogen-bond donors (Lipinski definition) is 1. The van der Waals surface area contributed by atoms with Gasteiger partial charge in [0.15, 0.2) is 11.5 Å². The Morgan fingerprint density at radius 1 is 1.33 bits per heavy atom. The Hall–Kier alpha value is -1.30. The topological polar surface area (TPSA) is 38.7 Å². The quantitative estimate of drug-likeness (QED) is 0.874. The highest BCUT2D eigenvalue weighted by molar-refractivity contribution is 9.10. The molecule has 0 saturated heterocycles. The van der Waals surface area contributed by atoms with E-state index in [1.165, 1.54) is 6.07 Å². The maximum atomic E-state index is 13.5. The van der Waals surface area contributed by atoms with Gasteiger partial charge in [-0.1, -0.05) is 23.7 Å². The molecule has 0 bridgehead atoms. The van der Waals surface area contributed by atoms with Crippen molar-refractivity contribution in [1.82, 2.24) is 0 Å². The molecule has 1 aliphatic heterocycles. The van der Waals surface area contributed by atoms with Crippen molar-refractivity contribution in [1.29, 1.82) is 0 Å². The van der Waals surface area contributed by atoms with Crippen LogP contribution in [0.3, 0.4) is 0 Å². The van der Waals surface area contributed by atoms with Gasteiger partial charge in [-0.3, -0.25) is 0 Å². The Kier molecular flexibility index (Phi) is 4.06. The number of aliphatic hydroxyl groups is 1. The van der Waals surface area contributed by atoms with Crippen LogP contribution in [0, 0.1) is 5.82 Å². The summed E-state index contributed by atoms with van der Waals surface area (Å²) in [6, 6.07) is 8.04. The first-order chi connectivity index (χ1) is 10.1. The van der Waals surface area contributed by atoms with Gasteiger partial charge in [0.25, 0.3) is 0 Å². The molecule has 3 rings (SSSR count). The Morgan fingerprint density at radius 3 is 2.95 bits per heavy atom. The van der Waals surface area contributed by atoms with Crippen LogP contribution in [0.15, 0.2) is 34.8 Å². The molecule has 1 heterocycles. The molecular weight excluding hydrogens is 363 g/mol. The number of hydrogen-bond acceptors (Lipinski definition) is 3. The van der Waals surface area contributed by atoms with Gasteiger partial charge in [-0.15, -0.1) is 0 Å². The van der Waals surface area contributed by atoms with Gasteiger partial charge in [0.05, 0.1) is 15.6 Å². The molecule has 0 saturated carbocycles. The molecule has 0 amide bonds. The molecule has 0 aromatic heterocycles. The average Bonchev–Trinajstić information content (AvgIpc) is 2.92. The van der Waals surface area contributed by atoms with E-state index in [0.717, 1.165) is 0 Å². The fraction of sp³-hybridized carbons (Fsp3) is 0.200. The lowest BCUT2D eigenvalue weighted by Crippen LogP contribution is -2.03. The van der Waals surface area contributed by atoms with Gasteiger partial charge >= 0.3 is 0 Å². The Morgan fingerprint density at radius 2 is 2.14 bits per heavy atom. The van der Waals surface area contributed by atoms with E-state index in [2.05, 4.69) is 15.9 Å². The highest BCUT2D eigenvalue weighted by atomic mass is 79.9. The van der Waals surface area contributed by atoms with Crippen LogP contribution in [0.25, 0.3) is 0 Å².